The van der Waals surface area contributed by atoms with Gasteiger partial charge in [-0.05, 0) is 32.4 Å². The zero-order valence-electron chi connectivity index (χ0n) is 11.1. The van der Waals surface area contributed by atoms with E-state index in [4.69, 9.17) is 0 Å². The molecule has 0 aliphatic heterocycles. The monoisotopic (exact) mass is 236 g/mol. The molecule has 0 aromatic carbocycles. The minimum atomic E-state index is -0.250. The van der Waals surface area contributed by atoms with Gasteiger partial charge >= 0.3 is 0 Å². The Hall–Kier alpha value is -1.38. The van der Waals surface area contributed by atoms with Gasteiger partial charge in [-0.25, -0.2) is 0 Å². The summed E-state index contributed by atoms with van der Waals surface area (Å²) >= 11 is 0. The molecule has 2 rings (SSSR count). The average Bonchev–Trinajstić information content (AvgIpc) is 2.57. The fourth-order valence-electron chi connectivity index (χ4n) is 1.90. The SMILES string of the molecule is CCCc1cc2cc(C)ncc2n1C.CCF. The smallest absolute Gasteiger partial charge is 0.0866 e. The molecule has 3 heteroatoms. The van der Waals surface area contributed by atoms with Crippen LogP contribution in [0.2, 0.25) is 0 Å². The van der Waals surface area contributed by atoms with Crippen LogP contribution >= 0.6 is 0 Å². The van der Waals surface area contributed by atoms with Crippen molar-refractivity contribution >= 4 is 10.9 Å². The molecule has 0 aliphatic carbocycles. The Kier molecular flexibility index (Phi) is 5.13. The molecule has 0 aliphatic rings. The molecular weight excluding hydrogens is 215 g/mol. The summed E-state index contributed by atoms with van der Waals surface area (Å²) in [6, 6.07) is 4.42. The molecule has 2 aromatic rings. The fourth-order valence-corrected chi connectivity index (χ4v) is 1.90. The highest BCUT2D eigenvalue weighted by molar-refractivity contribution is 5.80. The molecule has 2 heterocycles. The van der Waals surface area contributed by atoms with Crippen molar-refractivity contribution in [2.24, 2.45) is 7.05 Å². The van der Waals surface area contributed by atoms with E-state index in [9.17, 15) is 4.39 Å². The molecule has 2 nitrogen and oxygen atoms in total. The van der Waals surface area contributed by atoms with Crippen LogP contribution in [0.25, 0.3) is 10.9 Å². The van der Waals surface area contributed by atoms with E-state index in [0.29, 0.717) is 0 Å². The van der Waals surface area contributed by atoms with Gasteiger partial charge < -0.3 is 4.57 Å². The van der Waals surface area contributed by atoms with Crippen LogP contribution in [0.4, 0.5) is 4.39 Å². The normalized spacial score (nSPS) is 10.2. The van der Waals surface area contributed by atoms with Gasteiger partial charge in [0.2, 0.25) is 0 Å². The van der Waals surface area contributed by atoms with Gasteiger partial charge in [0.25, 0.3) is 0 Å². The molecule has 2 aromatic heterocycles. The highest BCUT2D eigenvalue weighted by Gasteiger charge is 2.04. The van der Waals surface area contributed by atoms with Crippen LogP contribution in [-0.2, 0) is 13.5 Å². The molecule has 0 spiro atoms. The van der Waals surface area contributed by atoms with Crippen molar-refractivity contribution in [2.75, 3.05) is 6.67 Å². The lowest BCUT2D eigenvalue weighted by molar-refractivity contribution is 0.527. The predicted molar refractivity (Wildman–Crippen MR) is 71.1 cm³/mol. The Bertz CT molecular complexity index is 474. The summed E-state index contributed by atoms with van der Waals surface area (Å²) in [6.45, 7) is 5.45. The van der Waals surface area contributed by atoms with Gasteiger partial charge in [-0.1, -0.05) is 13.3 Å². The number of alkyl halides is 1. The lowest BCUT2D eigenvalue weighted by Gasteiger charge is -2.01. The van der Waals surface area contributed by atoms with Gasteiger partial charge in [-0.2, -0.15) is 0 Å². The maximum Gasteiger partial charge on any atom is 0.0866 e. The van der Waals surface area contributed by atoms with Gasteiger partial charge in [0.15, 0.2) is 0 Å². The molecule has 0 saturated heterocycles. The van der Waals surface area contributed by atoms with Crippen LogP contribution in [0.1, 0.15) is 31.7 Å². The Labute approximate surface area is 102 Å². The number of hydrogen-bond donors (Lipinski definition) is 0. The maximum atomic E-state index is 10.3. The fraction of sp³-hybridized carbons (Fsp3) is 0.500. The van der Waals surface area contributed by atoms with E-state index in [1.165, 1.54) is 29.9 Å². The summed E-state index contributed by atoms with van der Waals surface area (Å²) in [5, 5.41) is 1.31. The quantitative estimate of drug-likeness (QED) is 0.775. The number of pyridine rings is 1. The third kappa shape index (κ3) is 3.29. The summed E-state index contributed by atoms with van der Waals surface area (Å²) in [4.78, 5) is 4.32. The molecule has 0 atom stereocenters. The Morgan fingerprint density at radius 2 is 1.94 bits per heavy atom. The molecule has 0 saturated carbocycles. The largest absolute Gasteiger partial charge is 0.346 e. The van der Waals surface area contributed by atoms with Crippen molar-refractivity contribution in [3.8, 4) is 0 Å². The zero-order chi connectivity index (χ0) is 12.8. The number of fused-ring (bicyclic) bond motifs is 1. The average molecular weight is 236 g/mol. The highest BCUT2D eigenvalue weighted by Crippen LogP contribution is 2.19. The highest BCUT2D eigenvalue weighted by atomic mass is 19.1. The number of rotatable bonds is 2. The number of aryl methyl sites for hydroxylation is 3. The molecule has 0 bridgehead atoms. The van der Waals surface area contributed by atoms with Crippen molar-refractivity contribution in [2.45, 2.75) is 33.6 Å². The number of halogens is 1. The third-order valence-electron chi connectivity index (χ3n) is 2.67. The predicted octanol–water partition coefficient (Wildman–Crippen LogP) is 3.81. The molecule has 0 fully saturated rings. The third-order valence-corrected chi connectivity index (χ3v) is 2.67. The van der Waals surface area contributed by atoms with Crippen LogP contribution in [0.5, 0.6) is 0 Å². The summed E-state index contributed by atoms with van der Waals surface area (Å²) in [7, 11) is 2.12. The van der Waals surface area contributed by atoms with E-state index < -0.39 is 0 Å². The van der Waals surface area contributed by atoms with E-state index in [1.807, 2.05) is 13.1 Å². The molecule has 0 N–H and O–H groups in total. The second-order valence-corrected chi connectivity index (χ2v) is 4.10. The van der Waals surface area contributed by atoms with E-state index >= 15 is 0 Å². The Morgan fingerprint density at radius 3 is 2.53 bits per heavy atom. The maximum absolute atomic E-state index is 10.3. The zero-order valence-corrected chi connectivity index (χ0v) is 11.1. The van der Waals surface area contributed by atoms with Crippen LogP contribution in [-0.4, -0.2) is 16.2 Å². The Morgan fingerprint density at radius 1 is 1.29 bits per heavy atom. The minimum Gasteiger partial charge on any atom is -0.346 e. The van der Waals surface area contributed by atoms with Crippen LogP contribution in [0.3, 0.4) is 0 Å². The second-order valence-electron chi connectivity index (χ2n) is 4.10. The first-order valence-electron chi connectivity index (χ1n) is 6.10. The molecule has 0 amide bonds. The lowest BCUT2D eigenvalue weighted by atomic mass is 10.2. The van der Waals surface area contributed by atoms with Gasteiger partial charge in [0, 0.05) is 23.8 Å². The summed E-state index contributed by atoms with van der Waals surface area (Å²) < 4.78 is 12.5. The van der Waals surface area contributed by atoms with E-state index in [2.05, 4.69) is 35.7 Å². The van der Waals surface area contributed by atoms with Gasteiger partial charge in [0.1, 0.15) is 0 Å². The van der Waals surface area contributed by atoms with Gasteiger partial charge in [0.05, 0.1) is 18.4 Å². The molecule has 17 heavy (non-hydrogen) atoms. The molecular formula is C14H21FN2. The van der Waals surface area contributed by atoms with Crippen molar-refractivity contribution in [3.63, 3.8) is 0 Å². The van der Waals surface area contributed by atoms with Gasteiger partial charge in [-0.3, -0.25) is 9.37 Å². The van der Waals surface area contributed by atoms with Crippen molar-refractivity contribution < 1.29 is 4.39 Å². The molecule has 0 unspecified atom stereocenters. The first-order chi connectivity index (χ1) is 8.13. The van der Waals surface area contributed by atoms with Crippen LogP contribution in [0.15, 0.2) is 18.3 Å². The van der Waals surface area contributed by atoms with Gasteiger partial charge in [-0.15, -0.1) is 0 Å². The van der Waals surface area contributed by atoms with E-state index in [-0.39, 0.29) is 6.67 Å². The number of hydrogen-bond acceptors (Lipinski definition) is 1. The Balaban J connectivity index is 0.000000437. The van der Waals surface area contributed by atoms with E-state index in [0.717, 1.165) is 12.1 Å². The topological polar surface area (TPSA) is 17.8 Å². The van der Waals surface area contributed by atoms with Crippen molar-refractivity contribution in [1.29, 1.82) is 0 Å². The van der Waals surface area contributed by atoms with Crippen LogP contribution in [0, 0.1) is 6.92 Å². The lowest BCUT2D eigenvalue weighted by Crippen LogP contribution is -1.95. The minimum absolute atomic E-state index is 0.250. The van der Waals surface area contributed by atoms with Crippen molar-refractivity contribution in [1.82, 2.24) is 9.55 Å². The number of aromatic nitrogens is 2. The van der Waals surface area contributed by atoms with Crippen LogP contribution < -0.4 is 0 Å². The second kappa shape index (κ2) is 6.38. The summed E-state index contributed by atoms with van der Waals surface area (Å²) in [5.41, 5.74) is 3.72. The summed E-state index contributed by atoms with van der Waals surface area (Å²) in [5.74, 6) is 0. The first-order valence-corrected chi connectivity index (χ1v) is 6.10. The number of nitrogens with zero attached hydrogens (tertiary/aromatic N) is 2. The molecule has 94 valence electrons. The standard InChI is InChI=1S/C12H16N2.C2H5F/c1-4-5-11-7-10-6-9(2)13-8-12(10)14(11)3;1-2-3/h6-8H,4-5H2,1-3H3;2H2,1H3. The summed E-state index contributed by atoms with van der Waals surface area (Å²) in [6.07, 6.45) is 4.30. The first kappa shape index (κ1) is 13.7. The van der Waals surface area contributed by atoms with E-state index in [1.54, 1.807) is 0 Å². The molecule has 0 radical (unpaired) electrons. The van der Waals surface area contributed by atoms with Crippen molar-refractivity contribution in [3.05, 3.63) is 29.7 Å².